The monoisotopic (exact) mass is 306 g/mol. The maximum atomic E-state index is 12.1. The Balaban J connectivity index is 2.12. The molecule has 22 heavy (non-hydrogen) atoms. The minimum Gasteiger partial charge on any atom is -0.373 e. The first kappa shape index (κ1) is 16.6. The Morgan fingerprint density at radius 3 is 2.77 bits per heavy atom. The standard InChI is InChI=1S/C15H26N6O/c1-16-13-8-11(9-21(4)14(22)10-20(2)3)18-15(19-13)12-6-5-7-17-12/h8,12,17H,5-7,9-10H2,1-4H3,(H,16,18,19)/t12-/m1/s1. The lowest BCUT2D eigenvalue weighted by Crippen LogP contribution is -2.35. The fourth-order valence-electron chi connectivity index (χ4n) is 2.51. The van der Waals surface area contributed by atoms with Crippen molar-refractivity contribution < 1.29 is 4.79 Å². The Labute approximate surface area is 132 Å². The van der Waals surface area contributed by atoms with E-state index in [0.29, 0.717) is 13.1 Å². The molecule has 1 saturated heterocycles. The van der Waals surface area contributed by atoms with Gasteiger partial charge >= 0.3 is 0 Å². The largest absolute Gasteiger partial charge is 0.373 e. The third-order valence-corrected chi connectivity index (χ3v) is 3.70. The number of carbonyl (C=O) groups is 1. The molecule has 1 aromatic heterocycles. The maximum absolute atomic E-state index is 12.1. The highest BCUT2D eigenvalue weighted by molar-refractivity contribution is 5.77. The van der Waals surface area contributed by atoms with Crippen LogP contribution in [0.5, 0.6) is 0 Å². The van der Waals surface area contributed by atoms with E-state index in [0.717, 1.165) is 36.7 Å². The van der Waals surface area contributed by atoms with Crippen LogP contribution in [0.25, 0.3) is 0 Å². The quantitative estimate of drug-likeness (QED) is 0.795. The van der Waals surface area contributed by atoms with Gasteiger partial charge in [-0.3, -0.25) is 4.79 Å². The molecule has 0 bridgehead atoms. The van der Waals surface area contributed by atoms with Gasteiger partial charge in [0.25, 0.3) is 0 Å². The van der Waals surface area contributed by atoms with Crippen molar-refractivity contribution in [2.24, 2.45) is 0 Å². The average molecular weight is 306 g/mol. The van der Waals surface area contributed by atoms with E-state index < -0.39 is 0 Å². The molecule has 2 N–H and O–H groups in total. The van der Waals surface area contributed by atoms with Crippen LogP contribution in [0.4, 0.5) is 5.82 Å². The molecule has 1 atom stereocenters. The molecule has 0 aromatic carbocycles. The van der Waals surface area contributed by atoms with Crippen LogP contribution in [0.1, 0.15) is 30.4 Å². The van der Waals surface area contributed by atoms with Gasteiger partial charge in [-0.25, -0.2) is 9.97 Å². The molecule has 2 rings (SSSR count). The molecule has 1 amide bonds. The third-order valence-electron chi connectivity index (χ3n) is 3.70. The molecule has 7 nitrogen and oxygen atoms in total. The third kappa shape index (κ3) is 4.38. The number of likely N-dealkylation sites (N-methyl/N-ethyl adjacent to an activating group) is 2. The van der Waals surface area contributed by atoms with E-state index >= 15 is 0 Å². The Kier molecular flexibility index (Phi) is 5.68. The van der Waals surface area contributed by atoms with Crippen LogP contribution in [0.3, 0.4) is 0 Å². The molecule has 122 valence electrons. The van der Waals surface area contributed by atoms with Gasteiger partial charge in [-0.15, -0.1) is 0 Å². The summed E-state index contributed by atoms with van der Waals surface area (Å²) in [4.78, 5) is 24.8. The summed E-state index contributed by atoms with van der Waals surface area (Å²) in [6, 6.07) is 2.12. The molecule has 0 aliphatic carbocycles. The van der Waals surface area contributed by atoms with Crippen molar-refractivity contribution in [3.8, 4) is 0 Å². The lowest BCUT2D eigenvalue weighted by Gasteiger charge is -2.20. The Morgan fingerprint density at radius 2 is 2.18 bits per heavy atom. The van der Waals surface area contributed by atoms with Crippen LogP contribution in [-0.4, -0.2) is 67.0 Å². The smallest absolute Gasteiger partial charge is 0.236 e. The molecule has 1 fully saturated rings. The normalized spacial score (nSPS) is 17.8. The number of nitrogens with one attached hydrogen (secondary N) is 2. The van der Waals surface area contributed by atoms with Crippen molar-refractivity contribution in [3.05, 3.63) is 17.6 Å². The van der Waals surface area contributed by atoms with Crippen LogP contribution in [0, 0.1) is 0 Å². The van der Waals surface area contributed by atoms with E-state index in [1.807, 2.05) is 32.1 Å². The summed E-state index contributed by atoms with van der Waals surface area (Å²) < 4.78 is 0. The highest BCUT2D eigenvalue weighted by Gasteiger charge is 2.20. The summed E-state index contributed by atoms with van der Waals surface area (Å²) in [6.45, 7) is 1.90. The van der Waals surface area contributed by atoms with Gasteiger partial charge in [-0.2, -0.15) is 0 Å². The molecule has 0 spiro atoms. The number of anilines is 1. The Bertz CT molecular complexity index is 513. The van der Waals surface area contributed by atoms with Gasteiger partial charge in [-0.05, 0) is 33.5 Å². The molecular formula is C15H26N6O. The minimum absolute atomic E-state index is 0.0789. The zero-order valence-electron chi connectivity index (χ0n) is 13.9. The van der Waals surface area contributed by atoms with Gasteiger partial charge in [0.2, 0.25) is 5.91 Å². The summed E-state index contributed by atoms with van der Waals surface area (Å²) in [6.07, 6.45) is 2.20. The summed E-state index contributed by atoms with van der Waals surface area (Å²) in [5, 5.41) is 6.49. The van der Waals surface area contributed by atoms with Gasteiger partial charge in [0.05, 0.1) is 24.8 Å². The van der Waals surface area contributed by atoms with Crippen molar-refractivity contribution in [1.82, 2.24) is 25.1 Å². The number of aromatic nitrogens is 2. The maximum Gasteiger partial charge on any atom is 0.236 e. The number of hydrogen-bond donors (Lipinski definition) is 2. The van der Waals surface area contributed by atoms with Crippen LogP contribution in [0.2, 0.25) is 0 Å². The molecule has 2 heterocycles. The van der Waals surface area contributed by atoms with Crippen LogP contribution < -0.4 is 10.6 Å². The van der Waals surface area contributed by atoms with E-state index in [-0.39, 0.29) is 11.9 Å². The topological polar surface area (TPSA) is 73.4 Å². The SMILES string of the molecule is CNc1cc(CN(C)C(=O)CN(C)C)nc([C@H]2CCCN2)n1. The number of hydrogen-bond acceptors (Lipinski definition) is 6. The fraction of sp³-hybridized carbons (Fsp3) is 0.667. The van der Waals surface area contributed by atoms with Crippen molar-refractivity contribution >= 4 is 11.7 Å². The van der Waals surface area contributed by atoms with Crippen LogP contribution >= 0.6 is 0 Å². The lowest BCUT2D eigenvalue weighted by atomic mass is 10.2. The summed E-state index contributed by atoms with van der Waals surface area (Å²) in [7, 11) is 7.43. The zero-order chi connectivity index (χ0) is 16.1. The number of nitrogens with zero attached hydrogens (tertiary/aromatic N) is 4. The van der Waals surface area contributed by atoms with Gasteiger partial charge in [0.15, 0.2) is 0 Å². The summed E-state index contributed by atoms with van der Waals surface area (Å²) in [5.41, 5.74) is 0.859. The fourth-order valence-corrected chi connectivity index (χ4v) is 2.51. The van der Waals surface area contributed by atoms with Crippen molar-refractivity contribution in [1.29, 1.82) is 0 Å². The number of amides is 1. The van der Waals surface area contributed by atoms with Gasteiger partial charge in [-0.1, -0.05) is 0 Å². The highest BCUT2D eigenvalue weighted by atomic mass is 16.2. The zero-order valence-corrected chi connectivity index (χ0v) is 13.9. The van der Waals surface area contributed by atoms with E-state index in [1.54, 1.807) is 11.9 Å². The van der Waals surface area contributed by atoms with Crippen molar-refractivity contribution in [3.63, 3.8) is 0 Å². The number of carbonyl (C=O) groups excluding carboxylic acids is 1. The summed E-state index contributed by atoms with van der Waals surface area (Å²) >= 11 is 0. The van der Waals surface area contributed by atoms with Gasteiger partial charge in [0, 0.05) is 20.2 Å². The lowest BCUT2D eigenvalue weighted by molar-refractivity contribution is -0.131. The second-order valence-corrected chi connectivity index (χ2v) is 5.99. The number of rotatable bonds is 6. The second kappa shape index (κ2) is 7.51. The second-order valence-electron chi connectivity index (χ2n) is 5.99. The minimum atomic E-state index is 0.0789. The molecule has 7 heteroatoms. The molecule has 0 saturated carbocycles. The molecule has 1 aliphatic heterocycles. The highest BCUT2D eigenvalue weighted by Crippen LogP contribution is 2.21. The molecule has 0 radical (unpaired) electrons. The first-order chi connectivity index (χ1) is 10.5. The summed E-state index contributed by atoms with van der Waals surface area (Å²) in [5.74, 6) is 1.69. The Morgan fingerprint density at radius 1 is 1.41 bits per heavy atom. The van der Waals surface area contributed by atoms with Crippen molar-refractivity contribution in [2.75, 3.05) is 46.6 Å². The Hall–Kier alpha value is -1.73. The molecule has 0 unspecified atom stereocenters. The van der Waals surface area contributed by atoms with E-state index in [9.17, 15) is 4.79 Å². The molecule has 1 aromatic rings. The van der Waals surface area contributed by atoms with Gasteiger partial charge in [0.1, 0.15) is 11.6 Å². The molecular weight excluding hydrogens is 280 g/mol. The predicted molar refractivity (Wildman–Crippen MR) is 86.6 cm³/mol. The van der Waals surface area contributed by atoms with E-state index in [4.69, 9.17) is 0 Å². The predicted octanol–water partition coefficient (Wildman–Crippen LogP) is 0.463. The van der Waals surface area contributed by atoms with E-state index in [2.05, 4.69) is 20.6 Å². The molecule has 1 aliphatic rings. The van der Waals surface area contributed by atoms with E-state index in [1.165, 1.54) is 0 Å². The van der Waals surface area contributed by atoms with Gasteiger partial charge < -0.3 is 20.4 Å². The first-order valence-corrected chi connectivity index (χ1v) is 7.67. The van der Waals surface area contributed by atoms with Crippen LogP contribution in [-0.2, 0) is 11.3 Å². The van der Waals surface area contributed by atoms with Crippen molar-refractivity contribution in [2.45, 2.75) is 25.4 Å². The first-order valence-electron chi connectivity index (χ1n) is 7.67. The van der Waals surface area contributed by atoms with Crippen LogP contribution in [0.15, 0.2) is 6.07 Å². The average Bonchev–Trinajstić information content (AvgIpc) is 3.00.